The molecule has 0 amide bonds. The summed E-state index contributed by atoms with van der Waals surface area (Å²) in [5, 5.41) is 0. The third kappa shape index (κ3) is 9.07. The number of hydrogen-bond acceptors (Lipinski definition) is 1. The number of nitrogens with zero attached hydrogens (tertiary/aromatic N) is 1. The first-order chi connectivity index (χ1) is 6.35. The zero-order valence-corrected chi connectivity index (χ0v) is 12.5. The zero-order chi connectivity index (χ0) is 9.94. The monoisotopic (exact) mass is 291 g/mol. The molecular formula is C11H25NSn. The van der Waals surface area contributed by atoms with Crippen LogP contribution in [0.15, 0.2) is 0 Å². The Hall–Kier alpha value is 0.759. The first kappa shape index (κ1) is 13.8. The van der Waals surface area contributed by atoms with E-state index in [1.807, 2.05) is 0 Å². The van der Waals surface area contributed by atoms with Crippen LogP contribution in [-0.4, -0.2) is 37.6 Å². The van der Waals surface area contributed by atoms with Gasteiger partial charge in [0, 0.05) is 0 Å². The normalized spacial score (nSPS) is 11.1. The van der Waals surface area contributed by atoms with Gasteiger partial charge < -0.3 is 0 Å². The molecule has 1 nitrogen and oxygen atoms in total. The molecule has 2 heteroatoms. The summed E-state index contributed by atoms with van der Waals surface area (Å²) in [5.41, 5.74) is 0. The van der Waals surface area contributed by atoms with Gasteiger partial charge in [0.15, 0.2) is 0 Å². The van der Waals surface area contributed by atoms with Crippen LogP contribution in [0.2, 0.25) is 4.44 Å². The summed E-state index contributed by atoms with van der Waals surface area (Å²) >= 11 is -0.150. The molecule has 0 aliphatic heterocycles. The van der Waals surface area contributed by atoms with Crippen LogP contribution in [0.5, 0.6) is 0 Å². The molecule has 0 aliphatic carbocycles. The minimum absolute atomic E-state index is 0.150. The molecule has 0 rings (SSSR count). The second-order valence-corrected chi connectivity index (χ2v) is 7.74. The molecule has 0 heterocycles. The van der Waals surface area contributed by atoms with E-state index in [1.54, 1.807) is 0 Å². The van der Waals surface area contributed by atoms with Crippen molar-refractivity contribution in [3.05, 3.63) is 0 Å². The molecule has 0 saturated carbocycles. The molecule has 0 aliphatic rings. The fourth-order valence-electron chi connectivity index (χ4n) is 1.24. The van der Waals surface area contributed by atoms with Gasteiger partial charge in [-0.1, -0.05) is 0 Å². The van der Waals surface area contributed by atoms with Gasteiger partial charge in [0.1, 0.15) is 0 Å². The van der Waals surface area contributed by atoms with Gasteiger partial charge in [0.2, 0.25) is 0 Å². The van der Waals surface area contributed by atoms with E-state index in [1.165, 1.54) is 49.6 Å². The van der Waals surface area contributed by atoms with Crippen LogP contribution in [0, 0.1) is 0 Å². The molecule has 13 heavy (non-hydrogen) atoms. The van der Waals surface area contributed by atoms with E-state index in [0.29, 0.717) is 0 Å². The summed E-state index contributed by atoms with van der Waals surface area (Å²) in [6.45, 7) is 9.69. The molecule has 0 unspecified atom stereocenters. The predicted molar refractivity (Wildman–Crippen MR) is 62.2 cm³/mol. The second kappa shape index (κ2) is 10.8. The van der Waals surface area contributed by atoms with E-state index in [2.05, 4.69) is 23.9 Å². The van der Waals surface area contributed by atoms with Gasteiger partial charge in [-0.3, -0.25) is 0 Å². The van der Waals surface area contributed by atoms with Crippen molar-refractivity contribution in [1.82, 2.24) is 3.12 Å². The Bertz CT molecular complexity index is 77.1. The molecule has 0 aromatic heterocycles. The van der Waals surface area contributed by atoms with Crippen LogP contribution in [0.25, 0.3) is 0 Å². The van der Waals surface area contributed by atoms with Crippen molar-refractivity contribution in [1.29, 1.82) is 0 Å². The Balaban J connectivity index is 3.47. The molecule has 0 aromatic carbocycles. The van der Waals surface area contributed by atoms with Crippen LogP contribution >= 0.6 is 0 Å². The molecular weight excluding hydrogens is 265 g/mol. The molecule has 0 atom stereocenters. The van der Waals surface area contributed by atoms with Gasteiger partial charge in [-0.05, 0) is 0 Å². The standard InChI is InChI=1S/C8H18N.C3H7.Sn/c1-3-5-7-9-8-6-4-2;1-3-2;/h3-8H2,1-2H3;1,3H2,2H3;/q-1;;+1. The third-order valence-electron chi connectivity index (χ3n) is 2.15. The first-order valence-electron chi connectivity index (χ1n) is 5.83. The Morgan fingerprint density at radius 1 is 0.846 bits per heavy atom. The zero-order valence-electron chi connectivity index (χ0n) is 9.60. The van der Waals surface area contributed by atoms with Gasteiger partial charge in [-0.2, -0.15) is 0 Å². The summed E-state index contributed by atoms with van der Waals surface area (Å²) in [6.07, 6.45) is 6.94. The summed E-state index contributed by atoms with van der Waals surface area (Å²) in [5.74, 6) is 0. The SMILES string of the molecule is CCCC[N](CCCC)[Sn][CH2]CC. The van der Waals surface area contributed by atoms with E-state index in [0.717, 1.165) is 0 Å². The molecule has 78 valence electrons. The molecule has 0 spiro atoms. The fraction of sp³-hybridized carbons (Fsp3) is 1.00. The van der Waals surface area contributed by atoms with Crippen molar-refractivity contribution in [2.75, 3.05) is 13.1 Å². The molecule has 0 bridgehead atoms. The topological polar surface area (TPSA) is 3.24 Å². The van der Waals surface area contributed by atoms with Crippen LogP contribution < -0.4 is 0 Å². The van der Waals surface area contributed by atoms with Gasteiger partial charge in [0.25, 0.3) is 0 Å². The maximum atomic E-state index is 2.81. The Morgan fingerprint density at radius 2 is 1.38 bits per heavy atom. The molecule has 0 aromatic rings. The number of hydrogen-bond donors (Lipinski definition) is 0. The summed E-state index contributed by atoms with van der Waals surface area (Å²) < 4.78 is 4.34. The van der Waals surface area contributed by atoms with E-state index in [9.17, 15) is 0 Å². The van der Waals surface area contributed by atoms with Gasteiger partial charge in [0.05, 0.1) is 0 Å². The maximum absolute atomic E-state index is 2.81. The van der Waals surface area contributed by atoms with Crippen molar-refractivity contribution in [3.63, 3.8) is 0 Å². The Kier molecular flexibility index (Phi) is 11.5. The van der Waals surface area contributed by atoms with E-state index in [-0.39, 0.29) is 21.4 Å². The summed E-state index contributed by atoms with van der Waals surface area (Å²) in [6, 6.07) is 0. The van der Waals surface area contributed by atoms with E-state index >= 15 is 0 Å². The van der Waals surface area contributed by atoms with Crippen LogP contribution in [0.1, 0.15) is 52.9 Å². The number of rotatable bonds is 9. The molecule has 0 saturated heterocycles. The average molecular weight is 290 g/mol. The van der Waals surface area contributed by atoms with E-state index in [4.69, 9.17) is 0 Å². The summed E-state index contributed by atoms with van der Waals surface area (Å²) in [7, 11) is 0. The number of unbranched alkanes of at least 4 members (excludes halogenated alkanes) is 2. The average Bonchev–Trinajstić information content (AvgIpc) is 2.17. The van der Waals surface area contributed by atoms with Crippen LogP contribution in [0.3, 0.4) is 0 Å². The fourth-order valence-corrected chi connectivity index (χ4v) is 4.58. The Morgan fingerprint density at radius 3 is 1.77 bits per heavy atom. The first-order valence-corrected chi connectivity index (χ1v) is 9.13. The Labute approximate surface area is 94.8 Å². The third-order valence-corrected chi connectivity index (χ3v) is 6.77. The second-order valence-electron chi connectivity index (χ2n) is 3.60. The van der Waals surface area contributed by atoms with Crippen LogP contribution in [-0.2, 0) is 0 Å². The summed E-state index contributed by atoms with van der Waals surface area (Å²) in [4.78, 5) is 0. The molecule has 0 fully saturated rings. The van der Waals surface area contributed by atoms with Gasteiger partial charge >= 0.3 is 94.9 Å². The van der Waals surface area contributed by atoms with Crippen molar-refractivity contribution in [3.8, 4) is 0 Å². The predicted octanol–water partition coefficient (Wildman–Crippen LogP) is 3.34. The van der Waals surface area contributed by atoms with Crippen molar-refractivity contribution >= 4 is 21.4 Å². The minimum atomic E-state index is -0.150. The van der Waals surface area contributed by atoms with Gasteiger partial charge in [-0.15, -0.1) is 0 Å². The van der Waals surface area contributed by atoms with Crippen molar-refractivity contribution < 1.29 is 0 Å². The van der Waals surface area contributed by atoms with Crippen molar-refractivity contribution in [2.24, 2.45) is 0 Å². The van der Waals surface area contributed by atoms with Crippen molar-refractivity contribution in [2.45, 2.75) is 57.3 Å². The molecule has 2 radical (unpaired) electrons. The quantitative estimate of drug-likeness (QED) is 0.589. The molecule has 0 N–H and O–H groups in total. The van der Waals surface area contributed by atoms with Crippen LogP contribution in [0.4, 0.5) is 0 Å². The van der Waals surface area contributed by atoms with Gasteiger partial charge in [-0.25, -0.2) is 0 Å². The van der Waals surface area contributed by atoms with E-state index < -0.39 is 0 Å².